The Morgan fingerprint density at radius 1 is 1.63 bits per heavy atom. The standard InChI is InChI=1S/C14H21N3O2/c1-3-17(10-13-5-4-8-19-13)14(18)16-12-6-7-15-11(2)9-12/h6-7,9,13H,3-5,8,10H2,1-2H3,(H,15,16,18). The van der Waals surface area contributed by atoms with Gasteiger partial charge in [0.25, 0.3) is 0 Å². The Balaban J connectivity index is 1.92. The normalized spacial score (nSPS) is 18.3. The fourth-order valence-corrected chi connectivity index (χ4v) is 2.22. The number of likely N-dealkylation sites (N-methyl/N-ethyl adjacent to an activating group) is 1. The molecule has 2 rings (SSSR count). The molecule has 0 aromatic carbocycles. The van der Waals surface area contributed by atoms with E-state index in [1.54, 1.807) is 17.2 Å². The summed E-state index contributed by atoms with van der Waals surface area (Å²) in [7, 11) is 0. The van der Waals surface area contributed by atoms with Crippen molar-refractivity contribution >= 4 is 11.7 Å². The van der Waals surface area contributed by atoms with Crippen LogP contribution >= 0.6 is 0 Å². The van der Waals surface area contributed by atoms with E-state index in [4.69, 9.17) is 4.74 Å². The molecule has 1 N–H and O–H groups in total. The summed E-state index contributed by atoms with van der Waals surface area (Å²) >= 11 is 0. The number of carbonyl (C=O) groups is 1. The molecule has 0 radical (unpaired) electrons. The second kappa shape index (κ2) is 6.52. The van der Waals surface area contributed by atoms with E-state index in [9.17, 15) is 4.79 Å². The van der Waals surface area contributed by atoms with Gasteiger partial charge in [0.05, 0.1) is 6.10 Å². The smallest absolute Gasteiger partial charge is 0.321 e. The van der Waals surface area contributed by atoms with Gasteiger partial charge < -0.3 is 15.0 Å². The molecule has 19 heavy (non-hydrogen) atoms. The molecule has 0 spiro atoms. The maximum absolute atomic E-state index is 12.2. The summed E-state index contributed by atoms with van der Waals surface area (Å²) in [6.45, 7) is 6.03. The zero-order chi connectivity index (χ0) is 13.7. The van der Waals surface area contributed by atoms with E-state index >= 15 is 0 Å². The number of nitrogens with one attached hydrogen (secondary N) is 1. The largest absolute Gasteiger partial charge is 0.376 e. The van der Waals surface area contributed by atoms with Crippen molar-refractivity contribution in [1.82, 2.24) is 9.88 Å². The Hall–Kier alpha value is -1.62. The van der Waals surface area contributed by atoms with Crippen LogP contribution in [0.4, 0.5) is 10.5 Å². The lowest BCUT2D eigenvalue weighted by Gasteiger charge is -2.24. The molecule has 5 nitrogen and oxygen atoms in total. The molecule has 5 heteroatoms. The summed E-state index contributed by atoms with van der Waals surface area (Å²) in [6, 6.07) is 3.58. The van der Waals surface area contributed by atoms with E-state index in [1.807, 2.05) is 19.9 Å². The number of urea groups is 1. The Kier molecular flexibility index (Phi) is 4.74. The molecule has 1 aromatic heterocycles. The molecule has 0 aliphatic carbocycles. The van der Waals surface area contributed by atoms with Crippen molar-refractivity contribution in [2.45, 2.75) is 32.8 Å². The first kappa shape index (κ1) is 13.8. The molecular formula is C14H21N3O2. The van der Waals surface area contributed by atoms with Crippen LogP contribution in [0.1, 0.15) is 25.5 Å². The maximum Gasteiger partial charge on any atom is 0.321 e. The Bertz CT molecular complexity index is 430. The number of hydrogen-bond donors (Lipinski definition) is 1. The Morgan fingerprint density at radius 2 is 2.47 bits per heavy atom. The van der Waals surface area contributed by atoms with E-state index < -0.39 is 0 Å². The second-order valence-corrected chi connectivity index (χ2v) is 4.79. The van der Waals surface area contributed by atoms with Gasteiger partial charge in [-0.25, -0.2) is 4.79 Å². The number of nitrogens with zero attached hydrogens (tertiary/aromatic N) is 2. The molecule has 0 saturated carbocycles. The van der Waals surface area contributed by atoms with Crippen LogP contribution in [0.2, 0.25) is 0 Å². The summed E-state index contributed by atoms with van der Waals surface area (Å²) in [5.74, 6) is 0. The average Bonchev–Trinajstić information content (AvgIpc) is 2.88. The van der Waals surface area contributed by atoms with Crippen molar-refractivity contribution in [3.8, 4) is 0 Å². The number of aryl methyl sites for hydroxylation is 1. The van der Waals surface area contributed by atoms with Crippen molar-refractivity contribution in [3.05, 3.63) is 24.0 Å². The third kappa shape index (κ3) is 3.92. The number of pyridine rings is 1. The summed E-state index contributed by atoms with van der Waals surface area (Å²) in [4.78, 5) is 18.1. The van der Waals surface area contributed by atoms with Crippen LogP contribution in [0.5, 0.6) is 0 Å². The minimum Gasteiger partial charge on any atom is -0.376 e. The first-order valence-electron chi connectivity index (χ1n) is 6.79. The van der Waals surface area contributed by atoms with Crippen LogP contribution in [0.15, 0.2) is 18.3 Å². The van der Waals surface area contributed by atoms with Gasteiger partial charge in [0, 0.05) is 37.3 Å². The predicted molar refractivity (Wildman–Crippen MR) is 74.2 cm³/mol. The molecule has 0 bridgehead atoms. The molecule has 1 fully saturated rings. The number of ether oxygens (including phenoxy) is 1. The number of amides is 2. The zero-order valence-corrected chi connectivity index (χ0v) is 11.6. The fraction of sp³-hybridized carbons (Fsp3) is 0.571. The van der Waals surface area contributed by atoms with E-state index in [2.05, 4.69) is 10.3 Å². The van der Waals surface area contributed by atoms with Gasteiger partial charge in [-0.15, -0.1) is 0 Å². The third-order valence-electron chi connectivity index (χ3n) is 3.26. The van der Waals surface area contributed by atoms with E-state index in [0.29, 0.717) is 13.1 Å². The SMILES string of the molecule is CCN(CC1CCCO1)C(=O)Nc1ccnc(C)c1. The van der Waals surface area contributed by atoms with Crippen LogP contribution in [-0.4, -0.2) is 41.7 Å². The topological polar surface area (TPSA) is 54.5 Å². The van der Waals surface area contributed by atoms with Gasteiger partial charge in [-0.2, -0.15) is 0 Å². The number of anilines is 1. The first-order valence-corrected chi connectivity index (χ1v) is 6.79. The van der Waals surface area contributed by atoms with Gasteiger partial charge in [-0.1, -0.05) is 0 Å². The lowest BCUT2D eigenvalue weighted by Crippen LogP contribution is -2.39. The van der Waals surface area contributed by atoms with Gasteiger partial charge in [0.2, 0.25) is 0 Å². The summed E-state index contributed by atoms with van der Waals surface area (Å²) in [5, 5.41) is 2.90. The van der Waals surface area contributed by atoms with Crippen molar-refractivity contribution in [2.24, 2.45) is 0 Å². The Morgan fingerprint density at radius 3 is 3.11 bits per heavy atom. The van der Waals surface area contributed by atoms with Crippen molar-refractivity contribution in [3.63, 3.8) is 0 Å². The molecular weight excluding hydrogens is 242 g/mol. The highest BCUT2D eigenvalue weighted by Gasteiger charge is 2.21. The molecule has 1 aliphatic rings. The average molecular weight is 263 g/mol. The lowest BCUT2D eigenvalue weighted by molar-refractivity contribution is 0.0849. The minimum atomic E-state index is -0.0800. The van der Waals surface area contributed by atoms with Gasteiger partial charge >= 0.3 is 6.03 Å². The van der Waals surface area contributed by atoms with Crippen molar-refractivity contribution in [1.29, 1.82) is 0 Å². The lowest BCUT2D eigenvalue weighted by atomic mass is 10.2. The third-order valence-corrected chi connectivity index (χ3v) is 3.26. The van der Waals surface area contributed by atoms with Crippen LogP contribution in [0, 0.1) is 6.92 Å². The highest BCUT2D eigenvalue weighted by molar-refractivity contribution is 5.89. The monoisotopic (exact) mass is 263 g/mol. The zero-order valence-electron chi connectivity index (χ0n) is 11.6. The molecule has 1 atom stereocenters. The van der Waals surface area contributed by atoms with Crippen molar-refractivity contribution < 1.29 is 9.53 Å². The highest BCUT2D eigenvalue weighted by Crippen LogP contribution is 2.14. The van der Waals surface area contributed by atoms with Crippen LogP contribution in [0.3, 0.4) is 0 Å². The molecule has 1 unspecified atom stereocenters. The summed E-state index contributed by atoms with van der Waals surface area (Å²) < 4.78 is 5.57. The van der Waals surface area contributed by atoms with Gasteiger partial charge in [0.15, 0.2) is 0 Å². The van der Waals surface area contributed by atoms with E-state index in [0.717, 1.165) is 30.8 Å². The highest BCUT2D eigenvalue weighted by atomic mass is 16.5. The van der Waals surface area contributed by atoms with E-state index in [1.165, 1.54) is 0 Å². The molecule has 1 aromatic rings. The predicted octanol–water partition coefficient (Wildman–Crippen LogP) is 2.42. The molecule has 1 aliphatic heterocycles. The number of aromatic nitrogens is 1. The van der Waals surface area contributed by atoms with Gasteiger partial charge in [-0.3, -0.25) is 4.98 Å². The van der Waals surface area contributed by atoms with Crippen LogP contribution in [-0.2, 0) is 4.74 Å². The molecule has 2 amide bonds. The summed E-state index contributed by atoms with van der Waals surface area (Å²) in [5.41, 5.74) is 1.67. The van der Waals surface area contributed by atoms with Crippen LogP contribution in [0.25, 0.3) is 0 Å². The number of rotatable bonds is 4. The first-order chi connectivity index (χ1) is 9.19. The minimum absolute atomic E-state index is 0.0800. The molecule has 2 heterocycles. The maximum atomic E-state index is 12.2. The van der Waals surface area contributed by atoms with Gasteiger partial charge in [0.1, 0.15) is 0 Å². The molecule has 104 valence electrons. The van der Waals surface area contributed by atoms with E-state index in [-0.39, 0.29) is 12.1 Å². The molecule has 1 saturated heterocycles. The summed E-state index contributed by atoms with van der Waals surface area (Å²) in [6.07, 6.45) is 4.01. The van der Waals surface area contributed by atoms with Crippen LogP contribution < -0.4 is 5.32 Å². The number of hydrogen-bond acceptors (Lipinski definition) is 3. The van der Waals surface area contributed by atoms with Crippen molar-refractivity contribution in [2.75, 3.05) is 25.0 Å². The number of carbonyl (C=O) groups excluding carboxylic acids is 1. The second-order valence-electron chi connectivity index (χ2n) is 4.79. The Labute approximate surface area is 114 Å². The van der Waals surface area contributed by atoms with Gasteiger partial charge in [-0.05, 0) is 38.8 Å². The quantitative estimate of drug-likeness (QED) is 0.907. The fourth-order valence-electron chi connectivity index (χ4n) is 2.22.